The summed E-state index contributed by atoms with van der Waals surface area (Å²) in [6, 6.07) is 159. The van der Waals surface area contributed by atoms with Crippen molar-refractivity contribution in [2.45, 2.75) is 58.8 Å². The molecule has 29 rings (SSSR count). The van der Waals surface area contributed by atoms with Gasteiger partial charge in [-0.2, -0.15) is 0 Å². The van der Waals surface area contributed by atoms with Crippen molar-refractivity contribution in [2.75, 3.05) is 0 Å². The van der Waals surface area contributed by atoms with Crippen LogP contribution in [0.4, 0.5) is 0 Å². The zero-order chi connectivity index (χ0) is 96.2. The lowest BCUT2D eigenvalue weighted by Gasteiger charge is -2.35. The van der Waals surface area contributed by atoms with E-state index in [0.29, 0.717) is 23.6 Å². The number of fused-ring (bicyclic) bond motifs is 19. The summed E-state index contributed by atoms with van der Waals surface area (Å²) >= 11 is 0. The number of hydrogen-bond donors (Lipinski definition) is 0. The second kappa shape index (κ2) is 34.0. The average Bonchev–Trinajstić information content (AvgIpc) is 1.41. The highest BCUT2D eigenvalue weighted by Crippen LogP contribution is 2.56. The van der Waals surface area contributed by atoms with Crippen molar-refractivity contribution in [1.82, 2.24) is 38.6 Å². The van der Waals surface area contributed by atoms with E-state index in [1.165, 1.54) is 175 Å². The third kappa shape index (κ3) is 14.0. The summed E-state index contributed by atoms with van der Waals surface area (Å²) in [7, 11) is 0. The number of allylic oxidation sites excluding steroid dienone is 4. The Bertz CT molecular complexity index is 9240. The third-order valence-corrected chi connectivity index (χ3v) is 30.7. The topological polar surface area (TPSA) is 79.2 Å². The first-order chi connectivity index (χ1) is 70.8. The smallest absolute Gasteiger partial charge is 0.235 e. The van der Waals surface area contributed by atoms with Gasteiger partial charge in [0.15, 0.2) is 5.82 Å². The molecule has 0 radical (unpaired) electrons. The Morgan fingerprint density at radius 1 is 0.285 bits per heavy atom. The highest BCUT2D eigenvalue weighted by Gasteiger charge is 2.40. The van der Waals surface area contributed by atoms with E-state index < -0.39 is 0 Å². The number of hydrogen-bond acceptors (Lipinski definition) is 5. The lowest BCUT2D eigenvalue weighted by molar-refractivity contribution is 0.645. The summed E-state index contributed by atoms with van der Waals surface area (Å²) in [5.74, 6) is 3.87. The van der Waals surface area contributed by atoms with Crippen LogP contribution in [0.15, 0.2) is 466 Å². The normalized spacial score (nSPS) is 14.1. The molecule has 19 aromatic carbocycles. The van der Waals surface area contributed by atoms with Gasteiger partial charge in [-0.25, -0.2) is 24.9 Å². The first kappa shape index (κ1) is 85.4. The monoisotopic (exact) mass is 1840 g/mol. The van der Waals surface area contributed by atoms with Gasteiger partial charge in [0.1, 0.15) is 11.6 Å². The first-order valence-corrected chi connectivity index (χ1v) is 50.2. The molecule has 0 saturated heterocycles. The molecule has 8 heteroatoms. The Labute approximate surface area is 835 Å². The number of pyridine rings is 1. The Morgan fingerprint density at radius 3 is 1.13 bits per heavy atom. The fourth-order valence-corrected chi connectivity index (χ4v) is 23.9. The van der Waals surface area contributed by atoms with Gasteiger partial charge in [-0.1, -0.05) is 430 Å². The largest absolute Gasteiger partial charge is 0.293 e. The first-order valence-electron chi connectivity index (χ1n) is 50.2. The molecule has 0 aliphatic heterocycles. The molecule has 0 bridgehead atoms. The Morgan fingerprint density at radius 2 is 0.653 bits per heavy atom. The Hall–Kier alpha value is -17.9. The molecule has 6 aromatic heterocycles. The molecule has 1 atom stereocenters. The van der Waals surface area contributed by atoms with Crippen LogP contribution in [0, 0.1) is 11.8 Å². The fraction of sp³-hybridized carbons (Fsp3) is 0.0809. The Balaban J connectivity index is 0.000000108. The summed E-state index contributed by atoms with van der Waals surface area (Å²) in [4.78, 5) is 26.8. The van der Waals surface area contributed by atoms with E-state index in [-0.39, 0.29) is 10.8 Å². The quantitative estimate of drug-likeness (QED) is 0.129. The zero-order valence-corrected chi connectivity index (χ0v) is 80.8. The van der Waals surface area contributed by atoms with E-state index in [0.717, 1.165) is 90.8 Å². The second-order valence-electron chi connectivity index (χ2n) is 40.2. The van der Waals surface area contributed by atoms with Crippen LogP contribution in [-0.4, -0.2) is 38.6 Å². The van der Waals surface area contributed by atoms with Crippen LogP contribution >= 0.6 is 0 Å². The summed E-state index contributed by atoms with van der Waals surface area (Å²) in [6.45, 7) is 14.1. The van der Waals surface area contributed by atoms with E-state index in [4.69, 9.17) is 24.9 Å². The zero-order valence-electron chi connectivity index (χ0n) is 80.8. The minimum absolute atomic E-state index is 0.141. The molecule has 6 heterocycles. The molecule has 0 fully saturated rings. The molecule has 144 heavy (non-hydrogen) atoms. The van der Waals surface area contributed by atoms with Gasteiger partial charge in [0.25, 0.3) is 0 Å². The van der Waals surface area contributed by atoms with Crippen LogP contribution in [0.2, 0.25) is 0 Å². The lowest BCUT2D eigenvalue weighted by Crippen LogP contribution is -2.38. The summed E-state index contributed by atoms with van der Waals surface area (Å²) in [5.41, 5.74) is 32.6. The molecule has 0 N–H and O–H groups in total. The van der Waals surface area contributed by atoms with E-state index in [1.54, 1.807) is 0 Å². The molecule has 0 spiro atoms. The third-order valence-electron chi connectivity index (χ3n) is 30.7. The van der Waals surface area contributed by atoms with Gasteiger partial charge in [0, 0.05) is 99.5 Å². The number of nitrogens with zero attached hydrogens (tertiary/aromatic N) is 8. The summed E-state index contributed by atoms with van der Waals surface area (Å²) < 4.78 is 7.23. The molecule has 1 unspecified atom stereocenters. The van der Waals surface area contributed by atoms with E-state index in [2.05, 4.69) is 492 Å². The van der Waals surface area contributed by atoms with Crippen molar-refractivity contribution in [1.29, 1.82) is 0 Å². The van der Waals surface area contributed by atoms with Crippen molar-refractivity contribution < 1.29 is 0 Å². The van der Waals surface area contributed by atoms with Crippen LogP contribution in [-0.2, 0) is 10.8 Å². The van der Waals surface area contributed by atoms with Crippen LogP contribution in [0.5, 0.6) is 0 Å². The maximum Gasteiger partial charge on any atom is 0.235 e. The van der Waals surface area contributed by atoms with Gasteiger partial charge in [-0.3, -0.25) is 13.7 Å². The van der Waals surface area contributed by atoms with E-state index in [1.807, 2.05) is 24.3 Å². The number of rotatable bonds is 11. The predicted octanol–water partition coefficient (Wildman–Crippen LogP) is 33.1. The van der Waals surface area contributed by atoms with Gasteiger partial charge < -0.3 is 0 Å². The van der Waals surface area contributed by atoms with Crippen molar-refractivity contribution in [2.24, 2.45) is 11.8 Å². The minimum atomic E-state index is -0.146. The molecule has 8 nitrogen and oxygen atoms in total. The number of aromatic nitrogens is 8. The summed E-state index contributed by atoms with van der Waals surface area (Å²) in [6.07, 6.45) is 8.30. The lowest BCUT2D eigenvalue weighted by atomic mass is 9.68. The van der Waals surface area contributed by atoms with E-state index >= 15 is 0 Å². The SMILES string of the molecule is CC(C)C1=C2C(c3ccccc3)=c3c(c4cc5ccccc5cc4n3-c3cc(-c4ccccc4)cc(-c4ccccc4)n3)=CC2CC=C1.CC1(C)c2ccccc2-c2c3c1cccc3cc1c3cc4ccccc4cc3n(-c3cc(-c4ccccc4)nc(-c4ccccc4)n3)c21.CC1(C)c2ccccc2-c2c3c1cccc3cc1c3cc4ccccc4cc3n(-c3nc(-c4ccccc4)cc(-c4ccccc4)n3)c21. The van der Waals surface area contributed by atoms with Crippen molar-refractivity contribution >= 4 is 120 Å². The minimum Gasteiger partial charge on any atom is -0.293 e. The van der Waals surface area contributed by atoms with Gasteiger partial charge >= 0.3 is 0 Å². The van der Waals surface area contributed by atoms with Crippen molar-refractivity contribution in [3.63, 3.8) is 0 Å². The van der Waals surface area contributed by atoms with Gasteiger partial charge in [-0.05, 0) is 194 Å². The van der Waals surface area contributed by atoms with Crippen LogP contribution in [0.1, 0.15) is 75.8 Å². The molecular weight excluding hydrogens is 1750 g/mol. The fourth-order valence-electron chi connectivity index (χ4n) is 23.9. The van der Waals surface area contributed by atoms with Crippen molar-refractivity contribution in [3.05, 3.63) is 505 Å². The number of benzene rings is 19. The van der Waals surface area contributed by atoms with Crippen molar-refractivity contribution in [3.8, 4) is 107 Å². The average molecular weight is 1840 g/mol. The molecule has 0 amide bonds. The molecule has 0 saturated carbocycles. The molecule has 4 aliphatic carbocycles. The molecular formula is C136H98N8. The molecule has 25 aromatic rings. The highest BCUT2D eigenvalue weighted by molar-refractivity contribution is 6.26. The predicted molar refractivity (Wildman–Crippen MR) is 601 cm³/mol. The van der Waals surface area contributed by atoms with Gasteiger partial charge in [-0.15, -0.1) is 0 Å². The van der Waals surface area contributed by atoms with Crippen LogP contribution < -0.4 is 10.6 Å². The maximum atomic E-state index is 5.50. The molecule has 4 aliphatic rings. The standard InChI is InChI=1S/C46H36N2.2C45H31N3/c1-30(2)38-24-14-23-36-26-40-39-25-34-21-12-13-22-35(34)28-42(39)48(46(40)45(44(36)38)33-19-10-5-11-20-33)43-29-37(31-15-6-3-7-16-31)27-41(47-43)32-17-8-4-9-18-32;1-45(2)36-22-12-11-21-33(36)42-41-32(20-13-23-37(41)45)25-35-34-24-30-18-9-10-19-31(30)26-40(34)48(43(35)42)44-46-38(28-14-5-3-6-15-28)27-39(47-44)29-16-7-4-8-17-29;1-45(2)36-22-12-11-21-33(36)42-41-32(20-13-23-37(41)45)25-35-34-24-30-18-9-10-19-31(30)26-39(34)48(43(35)42)40-27-38(28-14-5-3-6-15-28)46-44(47-40)29-16-7-4-8-17-29/h3-22,24-30,36H,23H2,1-2H3;2*3-27H,1-2H3. The van der Waals surface area contributed by atoms with Crippen LogP contribution in [0.25, 0.3) is 227 Å². The van der Waals surface area contributed by atoms with E-state index in [9.17, 15) is 0 Å². The van der Waals surface area contributed by atoms with Gasteiger partial charge in [0.05, 0.1) is 55.7 Å². The highest BCUT2D eigenvalue weighted by atomic mass is 15.2. The Kier molecular flexibility index (Phi) is 20.2. The maximum absolute atomic E-state index is 5.50. The van der Waals surface area contributed by atoms with Crippen LogP contribution in [0.3, 0.4) is 0 Å². The summed E-state index contributed by atoms with van der Waals surface area (Å²) in [5, 5.41) is 21.1. The van der Waals surface area contributed by atoms with Gasteiger partial charge in [0.2, 0.25) is 5.95 Å². The molecule has 682 valence electrons. The second-order valence-corrected chi connectivity index (χ2v) is 40.2.